The fraction of sp³-hybridized carbons (Fsp3) is 0.444. The summed E-state index contributed by atoms with van der Waals surface area (Å²) in [6.07, 6.45) is 3.66. The molecule has 1 aliphatic rings. The van der Waals surface area contributed by atoms with Crippen LogP contribution < -0.4 is 10.1 Å². The summed E-state index contributed by atoms with van der Waals surface area (Å²) in [4.78, 5) is 18.1. The molecule has 1 aromatic carbocycles. The topological polar surface area (TPSA) is 51.2 Å². The zero-order valence-electron chi connectivity index (χ0n) is 13.6. The molecule has 0 spiro atoms. The van der Waals surface area contributed by atoms with Gasteiger partial charge in [0, 0.05) is 4.88 Å². The highest BCUT2D eigenvalue weighted by molar-refractivity contribution is 7.15. The number of hydrogen-bond acceptors (Lipinski definition) is 4. The quantitative estimate of drug-likeness (QED) is 0.906. The second kappa shape index (κ2) is 7.13. The van der Waals surface area contributed by atoms with E-state index in [1.807, 2.05) is 31.2 Å². The lowest BCUT2D eigenvalue weighted by atomic mass is 9.93. The van der Waals surface area contributed by atoms with Crippen LogP contribution in [0.4, 0.5) is 5.13 Å². The van der Waals surface area contributed by atoms with Crippen LogP contribution in [0.5, 0.6) is 5.75 Å². The van der Waals surface area contributed by atoms with E-state index in [0.717, 1.165) is 35.2 Å². The molecule has 5 heteroatoms. The number of carbonyl (C=O) groups is 1. The maximum absolute atomic E-state index is 12.2. The van der Waals surface area contributed by atoms with Gasteiger partial charge in [-0.1, -0.05) is 19.1 Å². The normalized spacial score (nSPS) is 16.7. The van der Waals surface area contributed by atoms with Gasteiger partial charge in [-0.05, 0) is 49.8 Å². The number of ether oxygens (including phenoxy) is 1. The van der Waals surface area contributed by atoms with Gasteiger partial charge in [0.25, 0.3) is 0 Å². The molecule has 4 nitrogen and oxygen atoms in total. The van der Waals surface area contributed by atoms with Gasteiger partial charge in [0.2, 0.25) is 5.91 Å². The number of aromatic nitrogens is 1. The predicted molar refractivity (Wildman–Crippen MR) is 93.2 cm³/mol. The maximum atomic E-state index is 12.2. The van der Waals surface area contributed by atoms with Crippen molar-refractivity contribution in [3.8, 4) is 5.75 Å². The Hall–Kier alpha value is -1.88. The smallest absolute Gasteiger partial charge is 0.230 e. The number of hydrogen-bond donors (Lipinski definition) is 1. The molecular formula is C18H22N2O2S. The summed E-state index contributed by atoms with van der Waals surface area (Å²) in [5, 5.41) is 3.68. The van der Waals surface area contributed by atoms with Gasteiger partial charge in [0.1, 0.15) is 5.75 Å². The molecule has 0 saturated heterocycles. The Kier molecular flexibility index (Phi) is 4.96. The Morgan fingerprint density at radius 1 is 1.39 bits per heavy atom. The molecule has 0 saturated carbocycles. The second-order valence-corrected chi connectivity index (χ2v) is 7.12. The van der Waals surface area contributed by atoms with Crippen molar-refractivity contribution in [1.82, 2.24) is 4.98 Å². The monoisotopic (exact) mass is 330 g/mol. The van der Waals surface area contributed by atoms with Crippen LogP contribution >= 0.6 is 11.3 Å². The lowest BCUT2D eigenvalue weighted by Crippen LogP contribution is -2.14. The van der Waals surface area contributed by atoms with Crippen LogP contribution in [-0.2, 0) is 24.1 Å². The van der Waals surface area contributed by atoms with Crippen LogP contribution in [0, 0.1) is 5.92 Å². The molecule has 3 rings (SSSR count). The fourth-order valence-corrected chi connectivity index (χ4v) is 4.00. The summed E-state index contributed by atoms with van der Waals surface area (Å²) in [7, 11) is 0. The minimum absolute atomic E-state index is 0.0201. The Balaban J connectivity index is 1.59. The molecule has 1 heterocycles. The third kappa shape index (κ3) is 4.10. The first kappa shape index (κ1) is 16.0. The summed E-state index contributed by atoms with van der Waals surface area (Å²) in [5.74, 6) is 1.53. The highest BCUT2D eigenvalue weighted by Crippen LogP contribution is 2.32. The average molecular weight is 330 g/mol. The van der Waals surface area contributed by atoms with E-state index < -0.39 is 0 Å². The molecule has 0 bridgehead atoms. The number of nitrogens with zero attached hydrogens (tertiary/aromatic N) is 1. The van der Waals surface area contributed by atoms with Gasteiger partial charge in [-0.15, -0.1) is 11.3 Å². The number of benzene rings is 1. The summed E-state index contributed by atoms with van der Waals surface area (Å²) in [6.45, 7) is 4.87. The number of rotatable bonds is 5. The molecule has 23 heavy (non-hydrogen) atoms. The number of carbonyl (C=O) groups excluding carboxylic acids is 1. The summed E-state index contributed by atoms with van der Waals surface area (Å²) >= 11 is 1.62. The van der Waals surface area contributed by atoms with Crippen LogP contribution in [0.2, 0.25) is 0 Å². The third-order valence-electron chi connectivity index (χ3n) is 4.03. The molecule has 0 radical (unpaired) electrons. The van der Waals surface area contributed by atoms with Crippen LogP contribution in [0.3, 0.4) is 0 Å². The van der Waals surface area contributed by atoms with Gasteiger partial charge in [-0.25, -0.2) is 4.98 Å². The lowest BCUT2D eigenvalue weighted by molar-refractivity contribution is -0.115. The van der Waals surface area contributed by atoms with E-state index in [2.05, 4.69) is 17.2 Å². The molecule has 1 N–H and O–H groups in total. The van der Waals surface area contributed by atoms with Gasteiger partial charge >= 0.3 is 0 Å². The minimum Gasteiger partial charge on any atom is -0.494 e. The average Bonchev–Trinajstić information content (AvgIpc) is 2.90. The fourth-order valence-electron chi connectivity index (χ4n) is 2.81. The molecule has 122 valence electrons. The summed E-state index contributed by atoms with van der Waals surface area (Å²) in [6, 6.07) is 7.66. The van der Waals surface area contributed by atoms with Crippen molar-refractivity contribution in [3.05, 3.63) is 40.4 Å². The van der Waals surface area contributed by atoms with Crippen LogP contribution in [0.25, 0.3) is 0 Å². The summed E-state index contributed by atoms with van der Waals surface area (Å²) in [5.41, 5.74) is 2.14. The lowest BCUT2D eigenvalue weighted by Gasteiger charge is -2.15. The Bertz CT molecular complexity index is 679. The summed E-state index contributed by atoms with van der Waals surface area (Å²) < 4.78 is 5.41. The first-order valence-electron chi connectivity index (χ1n) is 8.14. The molecule has 0 fully saturated rings. The van der Waals surface area contributed by atoms with Gasteiger partial charge < -0.3 is 10.1 Å². The van der Waals surface area contributed by atoms with E-state index >= 15 is 0 Å². The standard InChI is InChI=1S/C18H22N2O2S/c1-3-22-14-7-5-13(6-8-14)11-17(21)20-18-19-15-9-4-12(2)10-16(15)23-18/h5-8,12H,3-4,9-11H2,1-2H3,(H,19,20,21)/t12-/m0/s1. The number of aryl methyl sites for hydroxylation is 1. The largest absolute Gasteiger partial charge is 0.494 e. The van der Waals surface area contributed by atoms with E-state index in [1.165, 1.54) is 17.0 Å². The third-order valence-corrected chi connectivity index (χ3v) is 5.07. The SMILES string of the molecule is CCOc1ccc(CC(=O)Nc2nc3c(s2)C[C@@H](C)CC3)cc1. The van der Waals surface area contributed by atoms with Gasteiger partial charge in [-0.2, -0.15) is 0 Å². The second-order valence-electron chi connectivity index (χ2n) is 6.04. The van der Waals surface area contributed by atoms with E-state index in [-0.39, 0.29) is 5.91 Å². The number of fused-ring (bicyclic) bond motifs is 1. The maximum Gasteiger partial charge on any atom is 0.230 e. The Morgan fingerprint density at radius 2 is 2.17 bits per heavy atom. The van der Waals surface area contributed by atoms with E-state index in [4.69, 9.17) is 4.74 Å². The van der Waals surface area contributed by atoms with Crippen molar-refractivity contribution in [1.29, 1.82) is 0 Å². The first-order chi connectivity index (χ1) is 11.1. The first-order valence-corrected chi connectivity index (χ1v) is 8.96. The molecule has 0 unspecified atom stereocenters. The van der Waals surface area contributed by atoms with Crippen LogP contribution in [0.15, 0.2) is 24.3 Å². The zero-order chi connectivity index (χ0) is 16.2. The highest BCUT2D eigenvalue weighted by atomic mass is 32.1. The number of thiazole rings is 1. The van der Waals surface area contributed by atoms with Gasteiger partial charge in [0.05, 0.1) is 18.7 Å². The molecule has 1 atom stereocenters. The number of anilines is 1. The van der Waals surface area contributed by atoms with Crippen molar-refractivity contribution in [3.63, 3.8) is 0 Å². The molecular weight excluding hydrogens is 308 g/mol. The predicted octanol–water partition coefficient (Wildman–Crippen LogP) is 3.85. The molecule has 1 amide bonds. The molecule has 2 aromatic rings. The van der Waals surface area contributed by atoms with Crippen LogP contribution in [-0.4, -0.2) is 17.5 Å². The van der Waals surface area contributed by atoms with Gasteiger partial charge in [-0.3, -0.25) is 4.79 Å². The van der Waals surface area contributed by atoms with Crippen molar-refractivity contribution < 1.29 is 9.53 Å². The Morgan fingerprint density at radius 3 is 2.91 bits per heavy atom. The van der Waals surface area contributed by atoms with Crippen molar-refractivity contribution in [2.75, 3.05) is 11.9 Å². The van der Waals surface area contributed by atoms with E-state index in [1.54, 1.807) is 11.3 Å². The van der Waals surface area contributed by atoms with Crippen molar-refractivity contribution in [2.24, 2.45) is 5.92 Å². The number of nitrogens with one attached hydrogen (secondary N) is 1. The highest BCUT2D eigenvalue weighted by Gasteiger charge is 2.20. The molecule has 1 aliphatic carbocycles. The Labute approximate surface area is 140 Å². The van der Waals surface area contributed by atoms with Crippen LogP contribution in [0.1, 0.15) is 36.4 Å². The molecule has 0 aliphatic heterocycles. The van der Waals surface area contributed by atoms with Gasteiger partial charge in [0.15, 0.2) is 5.13 Å². The van der Waals surface area contributed by atoms with Crippen molar-refractivity contribution >= 4 is 22.4 Å². The minimum atomic E-state index is -0.0201. The number of amides is 1. The zero-order valence-corrected chi connectivity index (χ0v) is 14.4. The van der Waals surface area contributed by atoms with E-state index in [0.29, 0.717) is 13.0 Å². The van der Waals surface area contributed by atoms with E-state index in [9.17, 15) is 4.79 Å². The van der Waals surface area contributed by atoms with Crippen molar-refractivity contribution in [2.45, 2.75) is 39.5 Å². The molecule has 1 aromatic heterocycles.